The van der Waals surface area contributed by atoms with Gasteiger partial charge in [0.25, 0.3) is 0 Å². The Morgan fingerprint density at radius 3 is 2.29 bits per heavy atom. The zero-order valence-electron chi connectivity index (χ0n) is 15.3. The maximum atomic E-state index is 12.2. The summed E-state index contributed by atoms with van der Waals surface area (Å²) in [6.07, 6.45) is 3.53. The van der Waals surface area contributed by atoms with E-state index in [1.807, 2.05) is 78.9 Å². The first-order valence-electron chi connectivity index (χ1n) is 8.84. The zero-order chi connectivity index (χ0) is 19.3. The summed E-state index contributed by atoms with van der Waals surface area (Å²) >= 11 is 0. The number of benzene rings is 3. The van der Waals surface area contributed by atoms with Gasteiger partial charge in [-0.1, -0.05) is 30.3 Å². The Labute approximate surface area is 163 Å². The molecule has 4 heteroatoms. The topological polar surface area (TPSA) is 44.8 Å². The van der Waals surface area contributed by atoms with E-state index in [1.165, 1.54) is 0 Å². The van der Waals surface area contributed by atoms with Crippen molar-refractivity contribution in [3.05, 3.63) is 102 Å². The van der Waals surface area contributed by atoms with Crippen LogP contribution in [-0.4, -0.2) is 13.1 Å². The maximum absolute atomic E-state index is 12.2. The number of cyclic esters (lactones) is 1. The monoisotopic (exact) mass is 370 g/mol. The van der Waals surface area contributed by atoms with Crippen molar-refractivity contribution in [3.8, 4) is 17.2 Å². The number of hydrogen-bond donors (Lipinski definition) is 0. The maximum Gasteiger partial charge on any atom is 0.343 e. The van der Waals surface area contributed by atoms with Crippen LogP contribution < -0.4 is 9.47 Å². The molecule has 0 N–H and O–H groups in total. The molecule has 0 unspecified atom stereocenters. The lowest BCUT2D eigenvalue weighted by Crippen LogP contribution is -1.97. The van der Waals surface area contributed by atoms with Crippen LogP contribution in [0.15, 0.2) is 90.5 Å². The van der Waals surface area contributed by atoms with E-state index >= 15 is 0 Å². The summed E-state index contributed by atoms with van der Waals surface area (Å²) < 4.78 is 16.4. The van der Waals surface area contributed by atoms with Gasteiger partial charge in [0.15, 0.2) is 0 Å². The standard InChI is InChI=1S/C24H18O4/c1-26-22-9-5-6-17(15-22)14-19-16-23(28-24(19)25)18-10-12-21(13-11-18)27-20-7-3-2-4-8-20/h2-16H,1H3/b19-14-. The summed E-state index contributed by atoms with van der Waals surface area (Å²) in [5.74, 6) is 2.36. The van der Waals surface area contributed by atoms with Crippen LogP contribution in [0.5, 0.6) is 17.2 Å². The number of rotatable bonds is 5. The van der Waals surface area contributed by atoms with Crippen LogP contribution in [-0.2, 0) is 9.53 Å². The molecule has 138 valence electrons. The fourth-order valence-corrected chi connectivity index (χ4v) is 2.85. The third-order valence-corrected chi connectivity index (χ3v) is 4.26. The fourth-order valence-electron chi connectivity index (χ4n) is 2.85. The lowest BCUT2D eigenvalue weighted by molar-refractivity contribution is -0.130. The van der Waals surface area contributed by atoms with Gasteiger partial charge in [-0.2, -0.15) is 0 Å². The summed E-state index contributed by atoms with van der Waals surface area (Å²) in [5, 5.41) is 0. The second-order valence-corrected chi connectivity index (χ2v) is 6.21. The highest BCUT2D eigenvalue weighted by atomic mass is 16.5. The van der Waals surface area contributed by atoms with Gasteiger partial charge >= 0.3 is 5.97 Å². The smallest absolute Gasteiger partial charge is 0.343 e. The van der Waals surface area contributed by atoms with Crippen LogP contribution in [0, 0.1) is 0 Å². The summed E-state index contributed by atoms with van der Waals surface area (Å²) in [6.45, 7) is 0. The molecule has 0 bridgehead atoms. The minimum absolute atomic E-state index is 0.373. The van der Waals surface area contributed by atoms with Gasteiger partial charge in [0.2, 0.25) is 0 Å². The Bertz CT molecular complexity index is 1050. The van der Waals surface area contributed by atoms with Crippen LogP contribution in [0.4, 0.5) is 0 Å². The average molecular weight is 370 g/mol. The molecule has 0 saturated carbocycles. The van der Waals surface area contributed by atoms with Gasteiger partial charge in [0.1, 0.15) is 23.0 Å². The van der Waals surface area contributed by atoms with Crippen LogP contribution in [0.25, 0.3) is 11.8 Å². The number of esters is 1. The number of methoxy groups -OCH3 is 1. The number of ether oxygens (including phenoxy) is 3. The van der Waals surface area contributed by atoms with E-state index in [0.29, 0.717) is 17.1 Å². The predicted octanol–water partition coefficient (Wildman–Crippen LogP) is 5.47. The third kappa shape index (κ3) is 3.96. The molecule has 4 nitrogen and oxygen atoms in total. The van der Waals surface area contributed by atoms with Gasteiger partial charge in [-0.3, -0.25) is 0 Å². The number of carbonyl (C=O) groups is 1. The molecule has 0 fully saturated rings. The fraction of sp³-hybridized carbons (Fsp3) is 0.0417. The SMILES string of the molecule is COc1cccc(/C=C2/C=C(c3ccc(Oc4ccccc4)cc3)OC2=O)c1. The van der Waals surface area contributed by atoms with E-state index in [9.17, 15) is 4.79 Å². The van der Waals surface area contributed by atoms with Crippen molar-refractivity contribution in [1.82, 2.24) is 0 Å². The molecule has 0 radical (unpaired) electrons. The van der Waals surface area contributed by atoms with Gasteiger partial charge in [0.05, 0.1) is 12.7 Å². The van der Waals surface area contributed by atoms with Crippen molar-refractivity contribution in [2.75, 3.05) is 7.11 Å². The highest BCUT2D eigenvalue weighted by Gasteiger charge is 2.22. The molecule has 4 rings (SSSR count). The van der Waals surface area contributed by atoms with Crippen molar-refractivity contribution in [2.45, 2.75) is 0 Å². The molecule has 0 saturated heterocycles. The van der Waals surface area contributed by atoms with Crippen molar-refractivity contribution in [2.24, 2.45) is 0 Å². The minimum atomic E-state index is -0.373. The van der Waals surface area contributed by atoms with Crippen LogP contribution in [0.2, 0.25) is 0 Å². The number of hydrogen-bond acceptors (Lipinski definition) is 4. The van der Waals surface area contributed by atoms with E-state index in [2.05, 4.69) is 0 Å². The second-order valence-electron chi connectivity index (χ2n) is 6.21. The normalized spacial score (nSPS) is 14.5. The molecular weight excluding hydrogens is 352 g/mol. The van der Waals surface area contributed by atoms with Crippen LogP contribution in [0.1, 0.15) is 11.1 Å². The third-order valence-electron chi connectivity index (χ3n) is 4.26. The summed E-state index contributed by atoms with van der Waals surface area (Å²) in [4.78, 5) is 12.2. The van der Waals surface area contributed by atoms with Gasteiger partial charge in [-0.05, 0) is 66.2 Å². The second kappa shape index (κ2) is 7.84. The van der Waals surface area contributed by atoms with Crippen molar-refractivity contribution in [1.29, 1.82) is 0 Å². The Hall–Kier alpha value is -3.79. The average Bonchev–Trinajstić information content (AvgIpc) is 3.10. The lowest BCUT2D eigenvalue weighted by Gasteiger charge is -2.06. The first-order chi connectivity index (χ1) is 13.7. The number of carbonyl (C=O) groups excluding carboxylic acids is 1. The van der Waals surface area contributed by atoms with E-state index in [4.69, 9.17) is 14.2 Å². The molecule has 0 amide bonds. The Balaban J connectivity index is 1.53. The lowest BCUT2D eigenvalue weighted by atomic mass is 10.1. The number of para-hydroxylation sites is 1. The molecule has 1 heterocycles. The molecule has 0 spiro atoms. The van der Waals surface area contributed by atoms with Crippen molar-refractivity contribution < 1.29 is 19.0 Å². The van der Waals surface area contributed by atoms with Crippen molar-refractivity contribution >= 4 is 17.8 Å². The van der Waals surface area contributed by atoms with E-state index in [1.54, 1.807) is 19.3 Å². The molecule has 1 aliphatic rings. The zero-order valence-corrected chi connectivity index (χ0v) is 15.3. The van der Waals surface area contributed by atoms with Crippen LogP contribution >= 0.6 is 0 Å². The molecule has 3 aromatic carbocycles. The summed E-state index contributed by atoms with van der Waals surface area (Å²) in [7, 11) is 1.61. The van der Waals surface area contributed by atoms with Crippen LogP contribution in [0.3, 0.4) is 0 Å². The van der Waals surface area contributed by atoms with E-state index in [0.717, 1.165) is 22.6 Å². The quantitative estimate of drug-likeness (QED) is 0.441. The van der Waals surface area contributed by atoms with E-state index in [-0.39, 0.29) is 5.97 Å². The first-order valence-corrected chi connectivity index (χ1v) is 8.84. The first kappa shape index (κ1) is 17.6. The van der Waals surface area contributed by atoms with E-state index < -0.39 is 0 Å². The molecule has 28 heavy (non-hydrogen) atoms. The molecule has 3 aromatic rings. The Morgan fingerprint density at radius 2 is 1.54 bits per heavy atom. The largest absolute Gasteiger partial charge is 0.497 e. The van der Waals surface area contributed by atoms with Gasteiger partial charge in [-0.25, -0.2) is 4.79 Å². The highest BCUT2D eigenvalue weighted by Crippen LogP contribution is 2.30. The Morgan fingerprint density at radius 1 is 0.821 bits per heavy atom. The molecular formula is C24H18O4. The summed E-state index contributed by atoms with van der Waals surface area (Å²) in [5.41, 5.74) is 2.17. The summed E-state index contributed by atoms with van der Waals surface area (Å²) in [6, 6.07) is 24.5. The molecule has 0 atom stereocenters. The van der Waals surface area contributed by atoms with Gasteiger partial charge in [-0.15, -0.1) is 0 Å². The predicted molar refractivity (Wildman–Crippen MR) is 108 cm³/mol. The van der Waals surface area contributed by atoms with Gasteiger partial charge in [0, 0.05) is 5.56 Å². The molecule has 0 aromatic heterocycles. The molecule has 0 aliphatic carbocycles. The molecule has 1 aliphatic heterocycles. The Kier molecular flexibility index (Phi) is 4.93. The minimum Gasteiger partial charge on any atom is -0.497 e. The van der Waals surface area contributed by atoms with Gasteiger partial charge < -0.3 is 14.2 Å². The highest BCUT2D eigenvalue weighted by molar-refractivity contribution is 6.05. The van der Waals surface area contributed by atoms with Crippen molar-refractivity contribution in [3.63, 3.8) is 0 Å².